The maximum Gasteiger partial charge on any atom is 0.240 e. The molecular weight excluding hydrogens is 258 g/mol. The van der Waals surface area contributed by atoms with Gasteiger partial charge in [-0.2, -0.15) is 0 Å². The largest absolute Gasteiger partial charge is 0.383 e. The van der Waals surface area contributed by atoms with Crippen LogP contribution in [0.4, 0.5) is 5.82 Å². The van der Waals surface area contributed by atoms with Gasteiger partial charge in [0, 0.05) is 25.4 Å². The number of ether oxygens (including phenoxy) is 1. The summed E-state index contributed by atoms with van der Waals surface area (Å²) >= 11 is 0. The van der Waals surface area contributed by atoms with Crippen LogP contribution in [0.5, 0.6) is 0 Å². The number of imidazole rings is 1. The van der Waals surface area contributed by atoms with Crippen molar-refractivity contribution in [3.63, 3.8) is 0 Å². The van der Waals surface area contributed by atoms with Crippen LogP contribution in [0, 0.1) is 0 Å². The number of carbonyl (C=O) groups is 1. The van der Waals surface area contributed by atoms with E-state index in [0.717, 1.165) is 11.3 Å². The first-order valence-electron chi connectivity index (χ1n) is 6.19. The van der Waals surface area contributed by atoms with E-state index in [-0.39, 0.29) is 12.5 Å². The zero-order chi connectivity index (χ0) is 14.4. The molecule has 7 heteroatoms. The molecule has 2 rings (SSSR count). The summed E-state index contributed by atoms with van der Waals surface area (Å²) in [5.74, 6) is 0.304. The molecule has 2 aromatic rings. The van der Waals surface area contributed by atoms with Gasteiger partial charge in [0.2, 0.25) is 5.91 Å². The van der Waals surface area contributed by atoms with Gasteiger partial charge in [-0.1, -0.05) is 0 Å². The number of carbonyl (C=O) groups excluding carboxylic acids is 1. The molecule has 0 aromatic carbocycles. The van der Waals surface area contributed by atoms with Crippen molar-refractivity contribution in [1.82, 2.24) is 19.9 Å². The predicted molar refractivity (Wildman–Crippen MR) is 74.8 cm³/mol. The van der Waals surface area contributed by atoms with Crippen molar-refractivity contribution in [2.45, 2.75) is 6.54 Å². The summed E-state index contributed by atoms with van der Waals surface area (Å²) in [5, 5.41) is 2.76. The predicted octanol–water partition coefficient (Wildman–Crippen LogP) is 0.290. The second-order valence-corrected chi connectivity index (χ2v) is 4.19. The number of rotatable bonds is 6. The van der Waals surface area contributed by atoms with Gasteiger partial charge in [0.25, 0.3) is 0 Å². The molecule has 0 aliphatic carbocycles. The Bertz CT molecular complexity index is 582. The van der Waals surface area contributed by atoms with Gasteiger partial charge in [-0.25, -0.2) is 9.97 Å². The molecule has 0 atom stereocenters. The van der Waals surface area contributed by atoms with Crippen LogP contribution in [-0.2, 0) is 16.1 Å². The third kappa shape index (κ3) is 3.33. The molecule has 0 saturated carbocycles. The number of nitrogens with two attached hydrogens (primary N) is 1. The molecule has 0 spiro atoms. The molecule has 0 aliphatic heterocycles. The van der Waals surface area contributed by atoms with Gasteiger partial charge in [-0.15, -0.1) is 0 Å². The van der Waals surface area contributed by atoms with Crippen LogP contribution in [0.3, 0.4) is 0 Å². The van der Waals surface area contributed by atoms with Gasteiger partial charge in [-0.05, 0) is 12.1 Å². The van der Waals surface area contributed by atoms with Crippen LogP contribution in [0.1, 0.15) is 0 Å². The van der Waals surface area contributed by atoms with E-state index in [0.29, 0.717) is 19.0 Å². The minimum atomic E-state index is -0.108. The van der Waals surface area contributed by atoms with E-state index < -0.39 is 0 Å². The molecule has 20 heavy (non-hydrogen) atoms. The number of aromatic nitrogens is 3. The number of hydrogen-bond donors (Lipinski definition) is 2. The number of nitrogens with zero attached hydrogens (tertiary/aromatic N) is 3. The molecule has 106 valence electrons. The topological polar surface area (TPSA) is 95.1 Å². The van der Waals surface area contributed by atoms with Crippen molar-refractivity contribution in [2.24, 2.45) is 0 Å². The zero-order valence-electron chi connectivity index (χ0n) is 11.2. The second-order valence-electron chi connectivity index (χ2n) is 4.19. The van der Waals surface area contributed by atoms with Crippen molar-refractivity contribution >= 4 is 11.7 Å². The van der Waals surface area contributed by atoms with E-state index in [1.807, 2.05) is 6.07 Å². The highest BCUT2D eigenvalue weighted by atomic mass is 16.5. The van der Waals surface area contributed by atoms with Crippen molar-refractivity contribution in [1.29, 1.82) is 0 Å². The SMILES string of the molecule is COCCNC(=O)Cn1cncc1-c1cccnc1N. The van der Waals surface area contributed by atoms with E-state index >= 15 is 0 Å². The molecule has 7 nitrogen and oxygen atoms in total. The summed E-state index contributed by atoms with van der Waals surface area (Å²) in [5.41, 5.74) is 7.36. The van der Waals surface area contributed by atoms with Crippen molar-refractivity contribution < 1.29 is 9.53 Å². The number of anilines is 1. The van der Waals surface area contributed by atoms with E-state index in [2.05, 4.69) is 15.3 Å². The van der Waals surface area contributed by atoms with Crippen molar-refractivity contribution in [3.05, 3.63) is 30.9 Å². The smallest absolute Gasteiger partial charge is 0.240 e. The normalized spacial score (nSPS) is 10.4. The average molecular weight is 275 g/mol. The van der Waals surface area contributed by atoms with Crippen molar-refractivity contribution in [2.75, 3.05) is 26.0 Å². The van der Waals surface area contributed by atoms with E-state index in [1.165, 1.54) is 0 Å². The summed E-state index contributed by atoms with van der Waals surface area (Å²) in [6.45, 7) is 1.14. The highest BCUT2D eigenvalue weighted by Gasteiger charge is 2.11. The lowest BCUT2D eigenvalue weighted by Gasteiger charge is -2.10. The molecule has 0 radical (unpaired) electrons. The van der Waals surface area contributed by atoms with E-state index in [4.69, 9.17) is 10.5 Å². The van der Waals surface area contributed by atoms with Crippen LogP contribution in [0.25, 0.3) is 11.3 Å². The number of amides is 1. The molecule has 2 aromatic heterocycles. The fraction of sp³-hybridized carbons (Fsp3) is 0.308. The highest BCUT2D eigenvalue weighted by Crippen LogP contribution is 2.23. The standard InChI is InChI=1S/C13H17N5O2/c1-20-6-5-16-12(19)8-18-9-15-7-11(18)10-3-2-4-17-13(10)14/h2-4,7,9H,5-6,8H2,1H3,(H2,14,17)(H,16,19). The highest BCUT2D eigenvalue weighted by molar-refractivity contribution is 5.77. The zero-order valence-corrected chi connectivity index (χ0v) is 11.2. The Morgan fingerprint density at radius 1 is 1.55 bits per heavy atom. The van der Waals surface area contributed by atoms with E-state index in [9.17, 15) is 4.79 Å². The van der Waals surface area contributed by atoms with Gasteiger partial charge < -0.3 is 20.4 Å². The van der Waals surface area contributed by atoms with Gasteiger partial charge in [-0.3, -0.25) is 4.79 Å². The first-order chi connectivity index (χ1) is 9.72. The molecule has 0 fully saturated rings. The quantitative estimate of drug-likeness (QED) is 0.739. The molecule has 3 N–H and O–H groups in total. The molecular formula is C13H17N5O2. The summed E-state index contributed by atoms with van der Waals surface area (Å²) in [6.07, 6.45) is 4.88. The summed E-state index contributed by atoms with van der Waals surface area (Å²) < 4.78 is 6.61. The van der Waals surface area contributed by atoms with Gasteiger partial charge in [0.1, 0.15) is 12.4 Å². The lowest BCUT2D eigenvalue weighted by Crippen LogP contribution is -2.30. The molecule has 0 unspecified atom stereocenters. The number of nitrogen functional groups attached to an aromatic ring is 1. The van der Waals surface area contributed by atoms with Crippen LogP contribution in [0.2, 0.25) is 0 Å². The Morgan fingerprint density at radius 3 is 3.15 bits per heavy atom. The Balaban J connectivity index is 2.10. The number of nitrogens with one attached hydrogen (secondary N) is 1. The van der Waals surface area contributed by atoms with Crippen LogP contribution in [-0.4, -0.2) is 40.7 Å². The van der Waals surface area contributed by atoms with Crippen LogP contribution < -0.4 is 11.1 Å². The fourth-order valence-corrected chi connectivity index (χ4v) is 1.81. The minimum Gasteiger partial charge on any atom is -0.383 e. The molecule has 2 heterocycles. The summed E-state index contributed by atoms with van der Waals surface area (Å²) in [6, 6.07) is 3.64. The monoisotopic (exact) mass is 275 g/mol. The maximum absolute atomic E-state index is 11.8. The lowest BCUT2D eigenvalue weighted by atomic mass is 10.2. The van der Waals surface area contributed by atoms with Crippen LogP contribution >= 0.6 is 0 Å². The Labute approximate surface area is 116 Å². The first-order valence-corrected chi connectivity index (χ1v) is 6.19. The lowest BCUT2D eigenvalue weighted by molar-refractivity contribution is -0.121. The third-order valence-corrected chi connectivity index (χ3v) is 2.77. The molecule has 1 amide bonds. The van der Waals surface area contributed by atoms with Gasteiger partial charge in [0.05, 0.1) is 24.8 Å². The number of methoxy groups -OCH3 is 1. The minimum absolute atomic E-state index is 0.108. The fourth-order valence-electron chi connectivity index (χ4n) is 1.81. The summed E-state index contributed by atoms with van der Waals surface area (Å²) in [4.78, 5) is 19.9. The van der Waals surface area contributed by atoms with Crippen LogP contribution in [0.15, 0.2) is 30.9 Å². The third-order valence-electron chi connectivity index (χ3n) is 2.77. The second kappa shape index (κ2) is 6.67. The molecule has 0 bridgehead atoms. The molecule has 0 aliphatic rings. The van der Waals surface area contributed by atoms with Gasteiger partial charge in [0.15, 0.2) is 0 Å². The number of hydrogen-bond acceptors (Lipinski definition) is 5. The Kier molecular flexibility index (Phi) is 4.67. The maximum atomic E-state index is 11.8. The van der Waals surface area contributed by atoms with Gasteiger partial charge >= 0.3 is 0 Å². The Morgan fingerprint density at radius 2 is 2.40 bits per heavy atom. The number of pyridine rings is 1. The van der Waals surface area contributed by atoms with E-state index in [1.54, 1.807) is 36.5 Å². The average Bonchev–Trinajstić information content (AvgIpc) is 2.87. The van der Waals surface area contributed by atoms with Crippen molar-refractivity contribution in [3.8, 4) is 11.3 Å². The molecule has 0 saturated heterocycles. The summed E-state index contributed by atoms with van der Waals surface area (Å²) in [7, 11) is 1.59. The Hall–Kier alpha value is -2.41. The first kappa shape index (κ1) is 14.0.